The van der Waals surface area contributed by atoms with E-state index in [2.05, 4.69) is 20.4 Å². The molecule has 0 spiro atoms. The summed E-state index contributed by atoms with van der Waals surface area (Å²) in [5.74, 6) is 1.15. The van der Waals surface area contributed by atoms with E-state index in [1.807, 2.05) is 30.3 Å². The molecule has 6 nitrogen and oxygen atoms in total. The van der Waals surface area contributed by atoms with Gasteiger partial charge in [-0.05, 0) is 44.1 Å². The molecule has 1 aliphatic heterocycles. The molecule has 1 fully saturated rings. The molecule has 0 saturated carbocycles. The Balaban J connectivity index is 1.29. The average molecular weight is 431 g/mol. The highest BCUT2D eigenvalue weighted by molar-refractivity contribution is 6.42. The molecule has 150 valence electrons. The van der Waals surface area contributed by atoms with Crippen molar-refractivity contribution >= 4 is 34.8 Å². The molecule has 1 N–H and O–H groups in total. The monoisotopic (exact) mass is 430 g/mol. The number of nitrogens with zero attached hydrogens (tertiary/aromatic N) is 3. The summed E-state index contributed by atoms with van der Waals surface area (Å²) in [4.78, 5) is 19.2. The molecule has 0 atom stereocenters. The van der Waals surface area contributed by atoms with E-state index >= 15 is 0 Å². The van der Waals surface area contributed by atoms with Gasteiger partial charge in [0.05, 0.1) is 16.6 Å². The van der Waals surface area contributed by atoms with Crippen LogP contribution in [0.25, 0.3) is 11.4 Å². The lowest BCUT2D eigenvalue weighted by molar-refractivity contribution is -0.121. The molecule has 2 heterocycles. The minimum Gasteiger partial charge on any atom is -0.338 e. The molecular weight excluding hydrogens is 411 g/mol. The van der Waals surface area contributed by atoms with Crippen LogP contribution >= 0.6 is 23.2 Å². The lowest BCUT2D eigenvalue weighted by Crippen LogP contribution is -2.37. The number of amides is 1. The van der Waals surface area contributed by atoms with E-state index in [0.717, 1.165) is 31.5 Å². The van der Waals surface area contributed by atoms with Crippen LogP contribution in [0.2, 0.25) is 10.0 Å². The number of halogens is 2. The number of nitrogens with one attached hydrogen (secondary N) is 1. The first-order valence-corrected chi connectivity index (χ1v) is 10.2. The van der Waals surface area contributed by atoms with Gasteiger partial charge in [-0.25, -0.2) is 0 Å². The number of aromatic nitrogens is 2. The quantitative estimate of drug-likeness (QED) is 0.623. The summed E-state index contributed by atoms with van der Waals surface area (Å²) in [7, 11) is 0. The molecule has 1 saturated heterocycles. The fourth-order valence-corrected chi connectivity index (χ4v) is 3.68. The van der Waals surface area contributed by atoms with Crippen LogP contribution in [0.15, 0.2) is 53.1 Å². The maximum atomic E-state index is 12.5. The average Bonchev–Trinajstić information content (AvgIpc) is 3.20. The van der Waals surface area contributed by atoms with E-state index in [9.17, 15) is 4.79 Å². The lowest BCUT2D eigenvalue weighted by Gasteiger charge is -2.30. The highest BCUT2D eigenvalue weighted by Gasteiger charge is 2.26. The Bertz CT molecular complexity index is 985. The van der Waals surface area contributed by atoms with Crippen molar-refractivity contribution in [3.05, 3.63) is 64.5 Å². The van der Waals surface area contributed by atoms with Crippen molar-refractivity contribution in [3.63, 3.8) is 0 Å². The van der Waals surface area contributed by atoms with Crippen LogP contribution in [-0.4, -0.2) is 34.0 Å². The fourth-order valence-electron chi connectivity index (χ4n) is 3.39. The SMILES string of the molecule is O=C(Nc1ccc(Cl)c(Cl)c1)C1CCN(Cc2nc(-c3ccccc3)no2)CC1. The number of anilines is 1. The predicted octanol–water partition coefficient (Wildman–Crippen LogP) is 4.89. The van der Waals surface area contributed by atoms with Crippen LogP contribution in [0.3, 0.4) is 0 Å². The number of benzene rings is 2. The Morgan fingerprint density at radius 1 is 1.10 bits per heavy atom. The topological polar surface area (TPSA) is 71.3 Å². The van der Waals surface area contributed by atoms with Gasteiger partial charge < -0.3 is 9.84 Å². The van der Waals surface area contributed by atoms with E-state index < -0.39 is 0 Å². The van der Waals surface area contributed by atoms with Crippen LogP contribution in [0.4, 0.5) is 5.69 Å². The van der Waals surface area contributed by atoms with Gasteiger partial charge in [-0.3, -0.25) is 9.69 Å². The summed E-state index contributed by atoms with van der Waals surface area (Å²) in [5, 5.41) is 7.87. The number of rotatable bonds is 5. The summed E-state index contributed by atoms with van der Waals surface area (Å²) in [5.41, 5.74) is 1.59. The molecule has 4 rings (SSSR count). The van der Waals surface area contributed by atoms with Gasteiger partial charge >= 0.3 is 0 Å². The Hall–Kier alpha value is -2.41. The van der Waals surface area contributed by atoms with Crippen molar-refractivity contribution in [2.75, 3.05) is 18.4 Å². The Morgan fingerprint density at radius 3 is 2.59 bits per heavy atom. The molecule has 2 aromatic carbocycles. The highest BCUT2D eigenvalue weighted by atomic mass is 35.5. The molecule has 8 heteroatoms. The molecule has 0 aliphatic carbocycles. The molecule has 1 aromatic heterocycles. The molecule has 3 aromatic rings. The zero-order valence-corrected chi connectivity index (χ0v) is 17.2. The van der Waals surface area contributed by atoms with Gasteiger partial charge in [0.1, 0.15) is 0 Å². The maximum Gasteiger partial charge on any atom is 0.241 e. The Labute approximate surface area is 178 Å². The standard InChI is InChI=1S/C21H20Cl2N4O2/c22-17-7-6-16(12-18(17)23)24-21(28)15-8-10-27(11-9-15)13-19-25-20(26-29-19)14-4-2-1-3-5-14/h1-7,12,15H,8-11,13H2,(H,24,28). The molecule has 0 radical (unpaired) electrons. The first-order chi connectivity index (χ1) is 14.1. The number of likely N-dealkylation sites (tertiary alicyclic amines) is 1. The third kappa shape index (κ3) is 4.96. The van der Waals surface area contributed by atoms with Crippen molar-refractivity contribution in [1.82, 2.24) is 15.0 Å². The summed E-state index contributed by atoms with van der Waals surface area (Å²) < 4.78 is 5.39. The summed E-state index contributed by atoms with van der Waals surface area (Å²) in [6.07, 6.45) is 1.54. The van der Waals surface area contributed by atoms with Gasteiger partial charge in [0.15, 0.2) is 0 Å². The van der Waals surface area contributed by atoms with Gasteiger partial charge in [0.25, 0.3) is 0 Å². The summed E-state index contributed by atoms with van der Waals surface area (Å²) in [6, 6.07) is 14.8. The van der Waals surface area contributed by atoms with Crippen molar-refractivity contribution in [2.45, 2.75) is 19.4 Å². The summed E-state index contributed by atoms with van der Waals surface area (Å²) >= 11 is 11.9. The lowest BCUT2D eigenvalue weighted by atomic mass is 9.96. The second-order valence-corrected chi connectivity index (χ2v) is 7.86. The smallest absolute Gasteiger partial charge is 0.241 e. The normalized spacial score (nSPS) is 15.4. The molecule has 0 bridgehead atoms. The second-order valence-electron chi connectivity index (χ2n) is 7.05. The van der Waals surface area contributed by atoms with E-state index in [1.165, 1.54) is 0 Å². The zero-order chi connectivity index (χ0) is 20.2. The molecule has 1 amide bonds. The minimum atomic E-state index is -0.0386. The number of carbonyl (C=O) groups excluding carboxylic acids is 1. The van der Waals surface area contributed by atoms with Crippen molar-refractivity contribution in [2.24, 2.45) is 5.92 Å². The highest BCUT2D eigenvalue weighted by Crippen LogP contribution is 2.26. The molecular formula is C21H20Cl2N4O2. The van der Waals surface area contributed by atoms with Gasteiger partial charge in [0, 0.05) is 17.2 Å². The summed E-state index contributed by atoms with van der Waals surface area (Å²) in [6.45, 7) is 2.17. The second kappa shape index (κ2) is 8.95. The van der Waals surface area contributed by atoms with Gasteiger partial charge in [-0.1, -0.05) is 58.7 Å². The molecule has 1 aliphatic rings. The van der Waals surface area contributed by atoms with Crippen molar-refractivity contribution in [1.29, 1.82) is 0 Å². The first kappa shape index (κ1) is 19.9. The van der Waals surface area contributed by atoms with Crippen LogP contribution < -0.4 is 5.32 Å². The van der Waals surface area contributed by atoms with E-state index in [-0.39, 0.29) is 11.8 Å². The first-order valence-electron chi connectivity index (χ1n) is 9.45. The van der Waals surface area contributed by atoms with Crippen molar-refractivity contribution < 1.29 is 9.32 Å². The van der Waals surface area contributed by atoms with Gasteiger partial charge in [0.2, 0.25) is 17.6 Å². The maximum absolute atomic E-state index is 12.5. The van der Waals surface area contributed by atoms with Gasteiger partial charge in [-0.15, -0.1) is 0 Å². The Kier molecular flexibility index (Phi) is 6.13. The van der Waals surface area contributed by atoms with Crippen molar-refractivity contribution in [3.8, 4) is 11.4 Å². The van der Waals surface area contributed by atoms with Crippen LogP contribution in [0.5, 0.6) is 0 Å². The number of piperidine rings is 1. The third-order valence-corrected chi connectivity index (χ3v) is 5.74. The van der Waals surface area contributed by atoms with E-state index in [4.69, 9.17) is 27.7 Å². The fraction of sp³-hybridized carbons (Fsp3) is 0.286. The van der Waals surface area contributed by atoms with Crippen LogP contribution in [-0.2, 0) is 11.3 Å². The van der Waals surface area contributed by atoms with Gasteiger partial charge in [-0.2, -0.15) is 4.98 Å². The van der Waals surface area contributed by atoms with E-state index in [0.29, 0.717) is 34.0 Å². The van der Waals surface area contributed by atoms with Crippen LogP contribution in [0, 0.1) is 5.92 Å². The zero-order valence-electron chi connectivity index (χ0n) is 15.6. The predicted molar refractivity (Wildman–Crippen MR) is 113 cm³/mol. The molecule has 0 unspecified atom stereocenters. The minimum absolute atomic E-state index is 0.00666. The molecule has 29 heavy (non-hydrogen) atoms. The number of hydrogen-bond acceptors (Lipinski definition) is 5. The number of carbonyl (C=O) groups is 1. The number of hydrogen-bond donors (Lipinski definition) is 1. The van der Waals surface area contributed by atoms with E-state index in [1.54, 1.807) is 18.2 Å². The van der Waals surface area contributed by atoms with Crippen LogP contribution in [0.1, 0.15) is 18.7 Å². The third-order valence-electron chi connectivity index (χ3n) is 5.00. The largest absolute Gasteiger partial charge is 0.338 e. The Morgan fingerprint density at radius 2 is 1.86 bits per heavy atom.